The molecule has 1 aliphatic rings. The van der Waals surface area contributed by atoms with Crippen LogP contribution < -0.4 is 4.74 Å². The van der Waals surface area contributed by atoms with Gasteiger partial charge in [-0.2, -0.15) is 0 Å². The lowest BCUT2D eigenvalue weighted by atomic mass is 9.92. The topological polar surface area (TPSA) is 55.0 Å². The van der Waals surface area contributed by atoms with Crippen LogP contribution in [-0.4, -0.2) is 22.9 Å². The molecule has 0 fully saturated rings. The largest absolute Gasteiger partial charge is 0.493 e. The molecule has 0 spiro atoms. The van der Waals surface area contributed by atoms with Gasteiger partial charge in [-0.15, -0.1) is 0 Å². The summed E-state index contributed by atoms with van der Waals surface area (Å²) < 4.78 is 5.60. The molecule has 2 aromatic rings. The van der Waals surface area contributed by atoms with Crippen molar-refractivity contribution in [3.63, 3.8) is 0 Å². The zero-order valence-electron chi connectivity index (χ0n) is 9.22. The summed E-state index contributed by atoms with van der Waals surface area (Å²) in [4.78, 5) is 18.0. The number of rotatable bonds is 2. The molecule has 0 amide bonds. The molecule has 86 valence electrons. The summed E-state index contributed by atoms with van der Waals surface area (Å²) in [5.74, 6) is 1.93. The lowest BCUT2D eigenvalue weighted by Gasteiger charge is -2.24. The highest BCUT2D eigenvalue weighted by Crippen LogP contribution is 2.36. The Kier molecular flexibility index (Phi) is 2.40. The molecular weight excluding hydrogens is 216 g/mol. The maximum absolute atomic E-state index is 10.7. The number of imidazole rings is 1. The van der Waals surface area contributed by atoms with Gasteiger partial charge in [0.15, 0.2) is 6.29 Å². The van der Waals surface area contributed by atoms with Crippen LogP contribution >= 0.6 is 0 Å². The maximum Gasteiger partial charge on any atom is 0.167 e. The standard InChI is InChI=1S/C13H12N2O2/c16-8-9-7-14-13(15-9)11-5-6-17-12-4-2-1-3-10(11)12/h1-4,7-8,11H,5-6H2,(H,14,15). The van der Waals surface area contributed by atoms with E-state index in [0.29, 0.717) is 12.3 Å². The number of para-hydroxylation sites is 1. The first-order valence-electron chi connectivity index (χ1n) is 5.60. The van der Waals surface area contributed by atoms with Gasteiger partial charge in [0.25, 0.3) is 0 Å². The van der Waals surface area contributed by atoms with Gasteiger partial charge in [0.05, 0.1) is 18.5 Å². The molecule has 1 N–H and O–H groups in total. The molecule has 0 radical (unpaired) electrons. The Hall–Kier alpha value is -2.10. The van der Waals surface area contributed by atoms with E-state index in [9.17, 15) is 4.79 Å². The fourth-order valence-corrected chi connectivity index (χ4v) is 2.21. The summed E-state index contributed by atoms with van der Waals surface area (Å²) in [5, 5.41) is 0. The highest BCUT2D eigenvalue weighted by atomic mass is 16.5. The van der Waals surface area contributed by atoms with Crippen LogP contribution in [0.4, 0.5) is 0 Å². The Morgan fingerprint density at radius 3 is 3.12 bits per heavy atom. The number of nitrogens with one attached hydrogen (secondary N) is 1. The van der Waals surface area contributed by atoms with Crippen molar-refractivity contribution in [1.29, 1.82) is 0 Å². The van der Waals surface area contributed by atoms with Gasteiger partial charge in [-0.05, 0) is 12.5 Å². The van der Waals surface area contributed by atoms with Crippen molar-refractivity contribution in [2.75, 3.05) is 6.61 Å². The summed E-state index contributed by atoms with van der Waals surface area (Å²) >= 11 is 0. The summed E-state index contributed by atoms with van der Waals surface area (Å²) in [7, 11) is 0. The number of carbonyl (C=O) groups is 1. The molecule has 4 nitrogen and oxygen atoms in total. The molecule has 1 aromatic heterocycles. The molecule has 3 rings (SSSR count). The van der Waals surface area contributed by atoms with E-state index in [-0.39, 0.29) is 5.92 Å². The Labute approximate surface area is 98.6 Å². The molecule has 2 heterocycles. The summed E-state index contributed by atoms with van der Waals surface area (Å²) in [6, 6.07) is 7.96. The zero-order chi connectivity index (χ0) is 11.7. The van der Waals surface area contributed by atoms with E-state index in [1.165, 1.54) is 0 Å². The molecule has 1 aliphatic heterocycles. The Bertz CT molecular complexity index is 548. The smallest absolute Gasteiger partial charge is 0.167 e. The molecule has 0 saturated carbocycles. The van der Waals surface area contributed by atoms with E-state index in [2.05, 4.69) is 9.97 Å². The van der Waals surface area contributed by atoms with Crippen LogP contribution in [-0.2, 0) is 0 Å². The van der Waals surface area contributed by atoms with E-state index in [0.717, 1.165) is 29.8 Å². The van der Waals surface area contributed by atoms with E-state index in [1.54, 1.807) is 6.20 Å². The van der Waals surface area contributed by atoms with E-state index >= 15 is 0 Å². The third kappa shape index (κ3) is 1.71. The minimum Gasteiger partial charge on any atom is -0.493 e. The number of aromatic nitrogens is 2. The van der Waals surface area contributed by atoms with Crippen molar-refractivity contribution in [3.8, 4) is 5.75 Å². The Balaban J connectivity index is 2.02. The average molecular weight is 228 g/mol. The molecule has 1 aromatic carbocycles. The second kappa shape index (κ2) is 4.05. The second-order valence-electron chi connectivity index (χ2n) is 4.07. The van der Waals surface area contributed by atoms with Crippen LogP contribution in [0.15, 0.2) is 30.5 Å². The monoisotopic (exact) mass is 228 g/mol. The van der Waals surface area contributed by atoms with Crippen LogP contribution in [0.2, 0.25) is 0 Å². The summed E-state index contributed by atoms with van der Waals surface area (Å²) in [6.07, 6.45) is 3.23. The van der Waals surface area contributed by atoms with Crippen molar-refractivity contribution < 1.29 is 9.53 Å². The first kappa shape index (κ1) is 10.1. The van der Waals surface area contributed by atoms with E-state index in [4.69, 9.17) is 4.74 Å². The Morgan fingerprint density at radius 2 is 2.29 bits per heavy atom. The molecule has 17 heavy (non-hydrogen) atoms. The number of aromatic amines is 1. The van der Waals surface area contributed by atoms with Crippen molar-refractivity contribution >= 4 is 6.29 Å². The lowest BCUT2D eigenvalue weighted by Crippen LogP contribution is -2.16. The van der Waals surface area contributed by atoms with E-state index < -0.39 is 0 Å². The number of fused-ring (bicyclic) bond motifs is 1. The van der Waals surface area contributed by atoms with Crippen LogP contribution in [0.3, 0.4) is 0 Å². The predicted octanol–water partition coefficient (Wildman–Crippen LogP) is 2.14. The van der Waals surface area contributed by atoms with Gasteiger partial charge in [-0.25, -0.2) is 4.98 Å². The lowest BCUT2D eigenvalue weighted by molar-refractivity contribution is 0.111. The average Bonchev–Trinajstić information content (AvgIpc) is 2.87. The van der Waals surface area contributed by atoms with Gasteiger partial charge >= 0.3 is 0 Å². The highest BCUT2D eigenvalue weighted by Gasteiger charge is 2.24. The molecule has 1 unspecified atom stereocenters. The van der Waals surface area contributed by atoms with Crippen LogP contribution in [0.1, 0.15) is 34.2 Å². The normalized spacial score (nSPS) is 18.2. The number of hydrogen-bond donors (Lipinski definition) is 1. The van der Waals surface area contributed by atoms with Gasteiger partial charge in [-0.3, -0.25) is 4.79 Å². The fourth-order valence-electron chi connectivity index (χ4n) is 2.21. The molecule has 4 heteroatoms. The second-order valence-corrected chi connectivity index (χ2v) is 4.07. The predicted molar refractivity (Wildman–Crippen MR) is 62.4 cm³/mol. The number of benzene rings is 1. The third-order valence-electron chi connectivity index (χ3n) is 3.03. The maximum atomic E-state index is 10.7. The minimum absolute atomic E-state index is 0.189. The SMILES string of the molecule is O=Cc1cnc(C2CCOc3ccccc32)[nH]1. The zero-order valence-corrected chi connectivity index (χ0v) is 9.22. The summed E-state index contributed by atoms with van der Waals surface area (Å²) in [5.41, 5.74) is 1.65. The molecule has 0 bridgehead atoms. The Morgan fingerprint density at radius 1 is 1.41 bits per heavy atom. The first-order valence-corrected chi connectivity index (χ1v) is 5.60. The number of ether oxygens (including phenoxy) is 1. The van der Waals surface area contributed by atoms with Crippen molar-refractivity contribution in [2.24, 2.45) is 0 Å². The fraction of sp³-hybridized carbons (Fsp3) is 0.231. The first-order chi connectivity index (χ1) is 8.38. The quantitative estimate of drug-likeness (QED) is 0.801. The minimum atomic E-state index is 0.189. The van der Waals surface area contributed by atoms with Gasteiger partial charge in [0.1, 0.15) is 11.6 Å². The van der Waals surface area contributed by atoms with Crippen LogP contribution in [0, 0.1) is 0 Å². The highest BCUT2D eigenvalue weighted by molar-refractivity contribution is 5.71. The number of aldehydes is 1. The molecule has 1 atom stereocenters. The molecular formula is C13H12N2O2. The molecule has 0 saturated heterocycles. The van der Waals surface area contributed by atoms with Gasteiger partial charge in [-0.1, -0.05) is 18.2 Å². The number of carbonyl (C=O) groups excluding carboxylic acids is 1. The third-order valence-corrected chi connectivity index (χ3v) is 3.03. The van der Waals surface area contributed by atoms with Crippen LogP contribution in [0.5, 0.6) is 5.75 Å². The molecule has 0 aliphatic carbocycles. The summed E-state index contributed by atoms with van der Waals surface area (Å²) in [6.45, 7) is 0.679. The van der Waals surface area contributed by atoms with Gasteiger partial charge in [0.2, 0.25) is 0 Å². The number of H-pyrrole nitrogens is 1. The van der Waals surface area contributed by atoms with Crippen molar-refractivity contribution in [2.45, 2.75) is 12.3 Å². The number of hydrogen-bond acceptors (Lipinski definition) is 3. The van der Waals surface area contributed by atoms with Crippen molar-refractivity contribution in [1.82, 2.24) is 9.97 Å². The van der Waals surface area contributed by atoms with Gasteiger partial charge < -0.3 is 9.72 Å². The number of nitrogens with zero attached hydrogens (tertiary/aromatic N) is 1. The van der Waals surface area contributed by atoms with Gasteiger partial charge in [0, 0.05) is 11.5 Å². The van der Waals surface area contributed by atoms with Crippen LogP contribution in [0.25, 0.3) is 0 Å². The van der Waals surface area contributed by atoms with E-state index in [1.807, 2.05) is 24.3 Å². The van der Waals surface area contributed by atoms with Crippen molar-refractivity contribution in [3.05, 3.63) is 47.5 Å².